The van der Waals surface area contributed by atoms with Gasteiger partial charge in [0.2, 0.25) is 5.91 Å². The van der Waals surface area contributed by atoms with Crippen LogP contribution in [0.15, 0.2) is 23.5 Å². The predicted molar refractivity (Wildman–Crippen MR) is 92.2 cm³/mol. The molecule has 1 amide bonds. The molecule has 2 aromatic rings. The van der Waals surface area contributed by atoms with E-state index in [0.29, 0.717) is 42.5 Å². The molecule has 0 unspecified atom stereocenters. The quantitative estimate of drug-likeness (QED) is 0.759. The van der Waals surface area contributed by atoms with Crippen molar-refractivity contribution in [1.82, 2.24) is 24.4 Å². The van der Waals surface area contributed by atoms with Crippen molar-refractivity contribution in [3.05, 3.63) is 40.3 Å². The van der Waals surface area contributed by atoms with Crippen molar-refractivity contribution in [2.45, 2.75) is 32.9 Å². The Labute approximate surface area is 150 Å². The molecule has 9 nitrogen and oxygen atoms in total. The SMILES string of the molecule is COc1nccnc1O[C@@H]1CCN(C(=O)Cn2cnc(C)c(C)c2=O)C1. The maximum absolute atomic E-state index is 12.5. The minimum absolute atomic E-state index is 0.0336. The fourth-order valence-electron chi connectivity index (χ4n) is 2.78. The van der Waals surface area contributed by atoms with Gasteiger partial charge >= 0.3 is 0 Å². The first kappa shape index (κ1) is 17.8. The summed E-state index contributed by atoms with van der Waals surface area (Å²) < 4.78 is 12.3. The zero-order valence-corrected chi connectivity index (χ0v) is 15.0. The van der Waals surface area contributed by atoms with Crippen LogP contribution in [0.1, 0.15) is 17.7 Å². The summed E-state index contributed by atoms with van der Waals surface area (Å²) in [6.45, 7) is 4.42. The number of nitrogens with zero attached hydrogens (tertiary/aromatic N) is 5. The molecule has 1 saturated heterocycles. The molecule has 138 valence electrons. The van der Waals surface area contributed by atoms with E-state index in [1.807, 2.05) is 0 Å². The molecule has 0 aromatic carbocycles. The lowest BCUT2D eigenvalue weighted by molar-refractivity contribution is -0.131. The third-order valence-electron chi connectivity index (χ3n) is 4.42. The maximum Gasteiger partial charge on any atom is 0.278 e. The summed E-state index contributed by atoms with van der Waals surface area (Å²) in [7, 11) is 1.50. The minimum Gasteiger partial charge on any atom is -0.477 e. The molecule has 0 bridgehead atoms. The van der Waals surface area contributed by atoms with Crippen LogP contribution in [0.25, 0.3) is 0 Å². The van der Waals surface area contributed by atoms with Crippen LogP contribution in [0.2, 0.25) is 0 Å². The second kappa shape index (κ2) is 7.51. The summed E-state index contributed by atoms with van der Waals surface area (Å²) in [5.74, 6) is 0.475. The fraction of sp³-hybridized carbons (Fsp3) is 0.471. The van der Waals surface area contributed by atoms with Crippen molar-refractivity contribution in [2.24, 2.45) is 0 Å². The third kappa shape index (κ3) is 3.66. The smallest absolute Gasteiger partial charge is 0.278 e. The van der Waals surface area contributed by atoms with Crippen molar-refractivity contribution < 1.29 is 14.3 Å². The third-order valence-corrected chi connectivity index (χ3v) is 4.42. The Hall–Kier alpha value is -2.97. The Morgan fingerprint density at radius 1 is 1.23 bits per heavy atom. The molecule has 0 radical (unpaired) electrons. The van der Waals surface area contributed by atoms with Gasteiger partial charge in [-0.3, -0.25) is 14.2 Å². The predicted octanol–water partition coefficient (Wildman–Crippen LogP) is 0.339. The number of hydrogen-bond acceptors (Lipinski definition) is 7. The van der Waals surface area contributed by atoms with Crippen molar-refractivity contribution in [2.75, 3.05) is 20.2 Å². The number of methoxy groups -OCH3 is 1. The second-order valence-electron chi connectivity index (χ2n) is 6.13. The van der Waals surface area contributed by atoms with Gasteiger partial charge in [-0.1, -0.05) is 0 Å². The molecule has 0 spiro atoms. The summed E-state index contributed by atoms with van der Waals surface area (Å²) >= 11 is 0. The first-order chi connectivity index (χ1) is 12.5. The van der Waals surface area contributed by atoms with Gasteiger partial charge in [-0.25, -0.2) is 15.0 Å². The van der Waals surface area contributed by atoms with E-state index in [9.17, 15) is 9.59 Å². The van der Waals surface area contributed by atoms with E-state index in [4.69, 9.17) is 9.47 Å². The Kier molecular flexibility index (Phi) is 5.15. The van der Waals surface area contributed by atoms with Crippen molar-refractivity contribution in [3.63, 3.8) is 0 Å². The average molecular weight is 359 g/mol. The van der Waals surface area contributed by atoms with E-state index in [2.05, 4.69) is 15.0 Å². The standard InChI is InChI=1S/C17H21N5O4/c1-11-12(2)20-10-22(17(11)24)9-14(23)21-7-4-13(8-21)26-16-15(25-3)18-5-6-19-16/h5-6,10,13H,4,7-9H2,1-3H3/t13-/m1/s1. The number of amides is 1. The molecule has 1 atom stereocenters. The van der Waals surface area contributed by atoms with Crippen molar-refractivity contribution in [1.29, 1.82) is 0 Å². The summed E-state index contributed by atoms with van der Waals surface area (Å²) in [5.41, 5.74) is 1.03. The summed E-state index contributed by atoms with van der Waals surface area (Å²) in [4.78, 5) is 38.7. The summed E-state index contributed by atoms with van der Waals surface area (Å²) in [6.07, 6.45) is 4.93. The van der Waals surface area contributed by atoms with Crippen LogP contribution in [0.4, 0.5) is 0 Å². The molecular formula is C17H21N5O4. The van der Waals surface area contributed by atoms with Gasteiger partial charge in [0.1, 0.15) is 12.6 Å². The number of hydrogen-bond donors (Lipinski definition) is 0. The highest BCUT2D eigenvalue weighted by Gasteiger charge is 2.29. The molecular weight excluding hydrogens is 338 g/mol. The van der Waals surface area contributed by atoms with Crippen LogP contribution in [0.3, 0.4) is 0 Å². The number of aromatic nitrogens is 4. The van der Waals surface area contributed by atoms with Gasteiger partial charge in [-0.2, -0.15) is 0 Å². The van der Waals surface area contributed by atoms with E-state index in [1.54, 1.807) is 18.7 Å². The Morgan fingerprint density at radius 3 is 2.69 bits per heavy atom. The minimum atomic E-state index is -0.195. The van der Waals surface area contributed by atoms with Crippen LogP contribution in [0.5, 0.6) is 11.8 Å². The Balaban J connectivity index is 1.63. The zero-order valence-electron chi connectivity index (χ0n) is 15.0. The van der Waals surface area contributed by atoms with E-state index in [0.717, 1.165) is 0 Å². The number of aryl methyl sites for hydroxylation is 1. The first-order valence-corrected chi connectivity index (χ1v) is 8.31. The van der Waals surface area contributed by atoms with Gasteiger partial charge in [-0.05, 0) is 13.8 Å². The van der Waals surface area contributed by atoms with Gasteiger partial charge < -0.3 is 14.4 Å². The van der Waals surface area contributed by atoms with Gasteiger partial charge in [-0.15, -0.1) is 0 Å². The second-order valence-corrected chi connectivity index (χ2v) is 6.13. The van der Waals surface area contributed by atoms with Gasteiger partial charge in [0.15, 0.2) is 0 Å². The fourth-order valence-corrected chi connectivity index (χ4v) is 2.78. The highest BCUT2D eigenvalue weighted by molar-refractivity contribution is 5.76. The van der Waals surface area contributed by atoms with Gasteiger partial charge in [0.25, 0.3) is 17.3 Å². The largest absolute Gasteiger partial charge is 0.477 e. The molecule has 0 saturated carbocycles. The number of ether oxygens (including phenoxy) is 2. The molecule has 3 heterocycles. The van der Waals surface area contributed by atoms with E-state index >= 15 is 0 Å². The lowest BCUT2D eigenvalue weighted by Crippen LogP contribution is -2.37. The zero-order chi connectivity index (χ0) is 18.7. The van der Waals surface area contributed by atoms with Crippen LogP contribution < -0.4 is 15.0 Å². The Bertz CT molecular complexity index is 866. The number of likely N-dealkylation sites (tertiary alicyclic amines) is 1. The number of carbonyl (C=O) groups is 1. The molecule has 1 aliphatic heterocycles. The van der Waals surface area contributed by atoms with E-state index in [-0.39, 0.29) is 24.1 Å². The number of carbonyl (C=O) groups excluding carboxylic acids is 1. The lowest BCUT2D eigenvalue weighted by atomic mass is 10.3. The molecule has 26 heavy (non-hydrogen) atoms. The summed E-state index contributed by atoms with van der Waals surface area (Å²) in [5, 5.41) is 0. The molecule has 1 aliphatic rings. The normalized spacial score (nSPS) is 16.6. The average Bonchev–Trinajstić information content (AvgIpc) is 3.11. The highest BCUT2D eigenvalue weighted by atomic mass is 16.5. The van der Waals surface area contributed by atoms with E-state index < -0.39 is 0 Å². The maximum atomic E-state index is 12.5. The van der Waals surface area contributed by atoms with E-state index in [1.165, 1.54) is 30.4 Å². The summed E-state index contributed by atoms with van der Waals surface area (Å²) in [6, 6.07) is 0. The Morgan fingerprint density at radius 2 is 1.96 bits per heavy atom. The topological polar surface area (TPSA) is 99.4 Å². The lowest BCUT2D eigenvalue weighted by Gasteiger charge is -2.18. The van der Waals surface area contributed by atoms with Crippen LogP contribution in [-0.2, 0) is 11.3 Å². The van der Waals surface area contributed by atoms with Gasteiger partial charge in [0, 0.05) is 36.6 Å². The van der Waals surface area contributed by atoms with Crippen molar-refractivity contribution >= 4 is 5.91 Å². The molecule has 0 N–H and O–H groups in total. The molecule has 1 fully saturated rings. The number of rotatable bonds is 5. The molecule has 9 heteroatoms. The van der Waals surface area contributed by atoms with Crippen LogP contribution in [-0.4, -0.2) is 56.6 Å². The van der Waals surface area contributed by atoms with Crippen LogP contribution >= 0.6 is 0 Å². The highest BCUT2D eigenvalue weighted by Crippen LogP contribution is 2.23. The van der Waals surface area contributed by atoms with Crippen molar-refractivity contribution in [3.8, 4) is 11.8 Å². The molecule has 0 aliphatic carbocycles. The molecule has 3 rings (SSSR count). The van der Waals surface area contributed by atoms with Crippen LogP contribution in [0, 0.1) is 13.8 Å². The van der Waals surface area contributed by atoms with Gasteiger partial charge in [0.05, 0.1) is 20.0 Å². The molecule has 2 aromatic heterocycles. The first-order valence-electron chi connectivity index (χ1n) is 8.31. The monoisotopic (exact) mass is 359 g/mol.